The van der Waals surface area contributed by atoms with Crippen LogP contribution in [0.3, 0.4) is 0 Å². The number of carbonyl (C=O) groups is 1. The van der Waals surface area contributed by atoms with E-state index in [1.54, 1.807) is 11.3 Å². The summed E-state index contributed by atoms with van der Waals surface area (Å²) in [6, 6.07) is 11.8. The Morgan fingerprint density at radius 2 is 2.08 bits per heavy atom. The fraction of sp³-hybridized carbons (Fsp3) is 0.167. The lowest BCUT2D eigenvalue weighted by molar-refractivity contribution is 0.0958. The number of thiophene rings is 1. The fourth-order valence-electron chi connectivity index (χ4n) is 2.63. The van der Waals surface area contributed by atoms with Gasteiger partial charge in [-0.3, -0.25) is 4.79 Å². The second-order valence-electron chi connectivity index (χ2n) is 5.65. The van der Waals surface area contributed by atoms with Crippen LogP contribution in [0.15, 0.2) is 47.2 Å². The van der Waals surface area contributed by atoms with E-state index in [1.165, 1.54) is 11.3 Å². The monoisotopic (exact) mass is 368 g/mol. The van der Waals surface area contributed by atoms with Crippen molar-refractivity contribution >= 4 is 33.5 Å². The molecule has 3 heterocycles. The number of hydrogen-bond acceptors (Lipinski definition) is 5. The third-order valence-corrected chi connectivity index (χ3v) is 5.68. The molecule has 4 aromatic rings. The maximum absolute atomic E-state index is 12.0. The summed E-state index contributed by atoms with van der Waals surface area (Å²) in [5, 5.41) is 11.6. The molecule has 0 aliphatic carbocycles. The van der Waals surface area contributed by atoms with Crippen molar-refractivity contribution in [1.29, 1.82) is 0 Å². The Kier molecular flexibility index (Phi) is 4.33. The van der Waals surface area contributed by atoms with Crippen LogP contribution in [0.5, 0.6) is 0 Å². The number of thiazole rings is 1. The van der Waals surface area contributed by atoms with E-state index in [2.05, 4.69) is 28.4 Å². The maximum Gasteiger partial charge on any atom is 0.261 e. The maximum atomic E-state index is 12.0. The highest BCUT2D eigenvalue weighted by Gasteiger charge is 2.13. The van der Waals surface area contributed by atoms with Gasteiger partial charge in [-0.25, -0.2) is 4.52 Å². The van der Waals surface area contributed by atoms with Crippen molar-refractivity contribution in [3.8, 4) is 11.4 Å². The van der Waals surface area contributed by atoms with Crippen molar-refractivity contribution in [3.63, 3.8) is 0 Å². The van der Waals surface area contributed by atoms with Crippen molar-refractivity contribution < 1.29 is 4.79 Å². The quantitative estimate of drug-likeness (QED) is 0.583. The van der Waals surface area contributed by atoms with Crippen molar-refractivity contribution in [2.45, 2.75) is 13.3 Å². The van der Waals surface area contributed by atoms with E-state index in [0.29, 0.717) is 13.0 Å². The molecule has 0 fully saturated rings. The van der Waals surface area contributed by atoms with Crippen LogP contribution in [-0.4, -0.2) is 27.0 Å². The van der Waals surface area contributed by atoms with Gasteiger partial charge in [-0.15, -0.1) is 27.8 Å². The molecule has 7 heteroatoms. The van der Waals surface area contributed by atoms with Crippen LogP contribution in [0, 0.1) is 6.92 Å². The Labute approximate surface area is 153 Å². The first kappa shape index (κ1) is 16.0. The number of rotatable bonds is 5. The van der Waals surface area contributed by atoms with E-state index in [9.17, 15) is 4.79 Å². The molecule has 0 aliphatic heterocycles. The average molecular weight is 368 g/mol. The van der Waals surface area contributed by atoms with Gasteiger partial charge >= 0.3 is 0 Å². The second-order valence-corrected chi connectivity index (χ2v) is 7.44. The van der Waals surface area contributed by atoms with Gasteiger partial charge in [0.1, 0.15) is 0 Å². The van der Waals surface area contributed by atoms with E-state index in [-0.39, 0.29) is 5.91 Å². The molecule has 5 nitrogen and oxygen atoms in total. The molecule has 0 spiro atoms. The fourth-order valence-corrected chi connectivity index (χ4v) is 4.13. The first-order chi connectivity index (χ1) is 12.2. The molecular formula is C18H16N4OS2. The van der Waals surface area contributed by atoms with E-state index in [0.717, 1.165) is 32.5 Å². The zero-order chi connectivity index (χ0) is 17.2. The smallest absolute Gasteiger partial charge is 0.261 e. The minimum atomic E-state index is -0.0272. The third-order valence-electron chi connectivity index (χ3n) is 3.95. The van der Waals surface area contributed by atoms with Crippen LogP contribution in [0.2, 0.25) is 0 Å². The highest BCUT2D eigenvalue weighted by Crippen LogP contribution is 2.23. The molecule has 1 amide bonds. The number of aryl methyl sites for hydroxylation is 1. The lowest BCUT2D eigenvalue weighted by Gasteiger charge is -2.02. The predicted molar refractivity (Wildman–Crippen MR) is 101 cm³/mol. The summed E-state index contributed by atoms with van der Waals surface area (Å²) in [6.45, 7) is 2.63. The topological polar surface area (TPSA) is 59.3 Å². The molecule has 0 aliphatic rings. The van der Waals surface area contributed by atoms with Gasteiger partial charge < -0.3 is 5.32 Å². The molecule has 4 rings (SSSR count). The van der Waals surface area contributed by atoms with E-state index in [1.807, 2.05) is 45.6 Å². The predicted octanol–water partition coefficient (Wildman–Crippen LogP) is 3.80. The van der Waals surface area contributed by atoms with Crippen LogP contribution >= 0.6 is 22.7 Å². The molecule has 0 saturated heterocycles. The van der Waals surface area contributed by atoms with Crippen molar-refractivity contribution in [2.24, 2.45) is 0 Å². The van der Waals surface area contributed by atoms with E-state index in [4.69, 9.17) is 0 Å². The summed E-state index contributed by atoms with van der Waals surface area (Å²) < 4.78 is 1.88. The largest absolute Gasteiger partial charge is 0.351 e. The number of aromatic nitrogens is 3. The molecular weight excluding hydrogens is 352 g/mol. The molecule has 1 N–H and O–H groups in total. The van der Waals surface area contributed by atoms with Crippen LogP contribution in [0.1, 0.15) is 20.9 Å². The number of nitrogens with zero attached hydrogens (tertiary/aromatic N) is 3. The Morgan fingerprint density at radius 3 is 2.88 bits per heavy atom. The summed E-state index contributed by atoms with van der Waals surface area (Å²) in [4.78, 5) is 18.2. The normalized spacial score (nSPS) is 11.1. The lowest BCUT2D eigenvalue weighted by Crippen LogP contribution is -2.25. The molecule has 3 aromatic heterocycles. The number of hydrogen-bond donors (Lipinski definition) is 1. The molecule has 25 heavy (non-hydrogen) atoms. The first-order valence-corrected chi connectivity index (χ1v) is 9.69. The van der Waals surface area contributed by atoms with Gasteiger partial charge in [0.05, 0.1) is 10.6 Å². The number of benzene rings is 1. The van der Waals surface area contributed by atoms with Crippen LogP contribution in [0.25, 0.3) is 16.3 Å². The van der Waals surface area contributed by atoms with E-state index < -0.39 is 0 Å². The van der Waals surface area contributed by atoms with Crippen molar-refractivity contribution in [3.05, 3.63) is 63.3 Å². The van der Waals surface area contributed by atoms with E-state index >= 15 is 0 Å². The Hall–Kier alpha value is -2.51. The van der Waals surface area contributed by atoms with Crippen molar-refractivity contribution in [1.82, 2.24) is 19.9 Å². The van der Waals surface area contributed by atoms with Gasteiger partial charge in [-0.1, -0.05) is 30.3 Å². The SMILES string of the molecule is Cc1ccccc1-c1nc2scc(CCNC(=O)c3cccs3)n2n1. The molecule has 0 unspecified atom stereocenters. The highest BCUT2D eigenvalue weighted by atomic mass is 32.1. The number of carbonyl (C=O) groups excluding carboxylic acids is 1. The molecule has 0 atom stereocenters. The summed E-state index contributed by atoms with van der Waals surface area (Å²) in [5.41, 5.74) is 3.26. The van der Waals surface area contributed by atoms with Gasteiger partial charge in [0.25, 0.3) is 5.91 Å². The zero-order valence-corrected chi connectivity index (χ0v) is 15.2. The van der Waals surface area contributed by atoms with Crippen LogP contribution in [-0.2, 0) is 6.42 Å². The number of nitrogens with one attached hydrogen (secondary N) is 1. The second kappa shape index (κ2) is 6.78. The Morgan fingerprint density at radius 1 is 1.20 bits per heavy atom. The van der Waals surface area contributed by atoms with Crippen LogP contribution < -0.4 is 5.32 Å². The molecule has 0 bridgehead atoms. The van der Waals surface area contributed by atoms with Gasteiger partial charge in [0, 0.05) is 23.9 Å². The summed E-state index contributed by atoms with van der Waals surface area (Å²) in [7, 11) is 0. The Balaban J connectivity index is 1.49. The zero-order valence-electron chi connectivity index (χ0n) is 13.6. The van der Waals surface area contributed by atoms with Gasteiger partial charge in [-0.2, -0.15) is 4.98 Å². The molecule has 0 radical (unpaired) electrons. The standard InChI is InChI=1S/C18H16N4OS2/c1-12-5-2-3-6-14(12)16-20-18-22(21-16)13(11-25-18)8-9-19-17(23)15-7-4-10-24-15/h2-7,10-11H,8-9H2,1H3,(H,19,23). The lowest BCUT2D eigenvalue weighted by atomic mass is 10.1. The Bertz CT molecular complexity index is 1020. The van der Waals surface area contributed by atoms with Gasteiger partial charge in [-0.05, 0) is 23.9 Å². The number of fused-ring (bicyclic) bond motifs is 1. The summed E-state index contributed by atoms with van der Waals surface area (Å²) >= 11 is 3.02. The third kappa shape index (κ3) is 3.20. The van der Waals surface area contributed by atoms with Gasteiger partial charge in [0.15, 0.2) is 5.82 Å². The molecule has 126 valence electrons. The summed E-state index contributed by atoms with van der Waals surface area (Å²) in [5.74, 6) is 0.717. The summed E-state index contributed by atoms with van der Waals surface area (Å²) in [6.07, 6.45) is 0.716. The van der Waals surface area contributed by atoms with Crippen molar-refractivity contribution in [2.75, 3.05) is 6.54 Å². The first-order valence-electron chi connectivity index (χ1n) is 7.93. The molecule has 1 aromatic carbocycles. The minimum Gasteiger partial charge on any atom is -0.351 e. The highest BCUT2D eigenvalue weighted by molar-refractivity contribution is 7.15. The van der Waals surface area contributed by atoms with Crippen LogP contribution in [0.4, 0.5) is 0 Å². The molecule has 0 saturated carbocycles. The minimum absolute atomic E-state index is 0.0272. The number of amides is 1. The van der Waals surface area contributed by atoms with Gasteiger partial charge in [0.2, 0.25) is 4.96 Å². The average Bonchev–Trinajstić information content (AvgIpc) is 3.33.